The van der Waals surface area contributed by atoms with E-state index in [0.29, 0.717) is 24.8 Å². The Hall–Kier alpha value is -3.65. The van der Waals surface area contributed by atoms with Gasteiger partial charge >= 0.3 is 5.97 Å². The van der Waals surface area contributed by atoms with E-state index in [-0.39, 0.29) is 17.0 Å². The predicted octanol–water partition coefficient (Wildman–Crippen LogP) is 7.96. The summed E-state index contributed by atoms with van der Waals surface area (Å²) < 4.78 is 27.3. The van der Waals surface area contributed by atoms with Crippen molar-refractivity contribution in [3.05, 3.63) is 83.7 Å². The van der Waals surface area contributed by atoms with Gasteiger partial charge in [0.05, 0.1) is 39.5 Å². The molecule has 6 nitrogen and oxygen atoms in total. The van der Waals surface area contributed by atoms with Gasteiger partial charge in [0.25, 0.3) is 0 Å². The number of carbonyl (C=O) groups excluding carboxylic acids is 1. The van der Waals surface area contributed by atoms with Crippen molar-refractivity contribution < 1.29 is 18.7 Å². The van der Waals surface area contributed by atoms with Crippen LogP contribution in [0.25, 0.3) is 22.4 Å². The van der Waals surface area contributed by atoms with Gasteiger partial charge in [-0.2, -0.15) is 0 Å². The summed E-state index contributed by atoms with van der Waals surface area (Å²) in [5, 5.41) is 0.0664. The maximum absolute atomic E-state index is 13.5. The van der Waals surface area contributed by atoms with E-state index in [9.17, 15) is 9.18 Å². The standard InChI is InChI=1S/C33H34FN3O3S/c1-3-39-32(38)23-11-18-29-28(19-23)36-31(37(29)26-7-5-4-6-8-26)22-9-16-27(17-10-22)40-20-30-33(2,35-21-41-30)24-12-14-25(34)15-13-24/h9-19,21,26,30H,3-8,20H2,1-2H3. The average molecular weight is 572 g/mol. The number of aliphatic imine (C=N–C) groups is 1. The van der Waals surface area contributed by atoms with Crippen LogP contribution in [-0.4, -0.2) is 39.5 Å². The lowest BCUT2D eigenvalue weighted by atomic mass is 9.89. The van der Waals surface area contributed by atoms with Gasteiger partial charge in [-0.25, -0.2) is 14.2 Å². The molecular formula is C33H34FN3O3S. The molecule has 41 heavy (non-hydrogen) atoms. The number of nitrogens with zero attached hydrogens (tertiary/aromatic N) is 3. The second-order valence-corrected chi connectivity index (χ2v) is 11.9. The highest BCUT2D eigenvalue weighted by Gasteiger charge is 2.39. The fraction of sp³-hybridized carbons (Fsp3) is 0.364. The number of hydrogen-bond donors (Lipinski definition) is 0. The Balaban J connectivity index is 1.24. The van der Waals surface area contributed by atoms with Crippen molar-refractivity contribution in [2.75, 3.05) is 13.2 Å². The minimum Gasteiger partial charge on any atom is -0.492 e. The van der Waals surface area contributed by atoms with E-state index in [4.69, 9.17) is 19.5 Å². The molecule has 2 heterocycles. The molecule has 212 valence electrons. The summed E-state index contributed by atoms with van der Waals surface area (Å²) in [6.07, 6.45) is 5.91. The number of thioether (sulfide) groups is 1. The summed E-state index contributed by atoms with van der Waals surface area (Å²) in [4.78, 5) is 22.1. The van der Waals surface area contributed by atoms with Gasteiger partial charge in [-0.3, -0.25) is 4.99 Å². The van der Waals surface area contributed by atoms with Crippen LogP contribution in [0.1, 0.15) is 67.9 Å². The van der Waals surface area contributed by atoms with E-state index < -0.39 is 5.54 Å². The second-order valence-electron chi connectivity index (χ2n) is 10.9. The van der Waals surface area contributed by atoms with Crippen molar-refractivity contribution >= 4 is 34.3 Å². The van der Waals surface area contributed by atoms with Gasteiger partial charge in [-0.05, 0) is 86.8 Å². The van der Waals surface area contributed by atoms with Crippen molar-refractivity contribution in [3.63, 3.8) is 0 Å². The zero-order chi connectivity index (χ0) is 28.4. The van der Waals surface area contributed by atoms with Crippen LogP contribution in [-0.2, 0) is 10.3 Å². The third kappa shape index (κ3) is 5.49. The molecule has 0 amide bonds. The van der Waals surface area contributed by atoms with Crippen molar-refractivity contribution in [3.8, 4) is 17.1 Å². The molecule has 0 spiro atoms. The molecule has 1 saturated carbocycles. The van der Waals surface area contributed by atoms with Crippen LogP contribution in [0.4, 0.5) is 4.39 Å². The van der Waals surface area contributed by atoms with Gasteiger partial charge in [0.2, 0.25) is 0 Å². The number of halogens is 1. The quantitative estimate of drug-likeness (QED) is 0.201. The van der Waals surface area contributed by atoms with Gasteiger partial charge in [0.1, 0.15) is 24.0 Å². The highest BCUT2D eigenvalue weighted by atomic mass is 32.2. The molecule has 0 saturated heterocycles. The summed E-state index contributed by atoms with van der Waals surface area (Å²) >= 11 is 1.64. The molecule has 0 bridgehead atoms. The number of rotatable bonds is 8. The number of aromatic nitrogens is 2. The van der Waals surface area contributed by atoms with Crippen LogP contribution in [0.5, 0.6) is 5.75 Å². The maximum atomic E-state index is 13.5. The van der Waals surface area contributed by atoms with E-state index in [1.54, 1.807) is 23.9 Å². The Bertz CT molecular complexity index is 1560. The van der Waals surface area contributed by atoms with Crippen LogP contribution in [0.3, 0.4) is 0 Å². The van der Waals surface area contributed by atoms with Gasteiger partial charge in [-0.15, -0.1) is 11.8 Å². The smallest absolute Gasteiger partial charge is 0.338 e. The van der Waals surface area contributed by atoms with Crippen molar-refractivity contribution in [1.82, 2.24) is 9.55 Å². The van der Waals surface area contributed by atoms with Gasteiger partial charge in [-0.1, -0.05) is 31.4 Å². The molecule has 3 aromatic carbocycles. The molecule has 8 heteroatoms. The Morgan fingerprint density at radius 1 is 1.05 bits per heavy atom. The molecular weight excluding hydrogens is 537 g/mol. The summed E-state index contributed by atoms with van der Waals surface area (Å²) in [7, 11) is 0. The first kappa shape index (κ1) is 27.5. The van der Waals surface area contributed by atoms with Gasteiger partial charge in [0, 0.05) is 11.6 Å². The van der Waals surface area contributed by atoms with Crippen LogP contribution in [0.15, 0.2) is 71.7 Å². The molecule has 2 aliphatic rings. The Labute approximate surface area is 244 Å². The summed E-state index contributed by atoms with van der Waals surface area (Å²) in [6.45, 7) is 4.68. The number of imidazole rings is 1. The topological polar surface area (TPSA) is 65.7 Å². The maximum Gasteiger partial charge on any atom is 0.338 e. The monoisotopic (exact) mass is 571 g/mol. The highest BCUT2D eigenvalue weighted by Crippen LogP contribution is 2.41. The van der Waals surface area contributed by atoms with Crippen molar-refractivity contribution in [2.24, 2.45) is 4.99 Å². The lowest BCUT2D eigenvalue weighted by molar-refractivity contribution is 0.0526. The normalized spacial score (nSPS) is 20.9. The Morgan fingerprint density at radius 3 is 2.54 bits per heavy atom. The molecule has 1 aliphatic carbocycles. The number of hydrogen-bond acceptors (Lipinski definition) is 6. The van der Waals surface area contributed by atoms with Crippen LogP contribution in [0.2, 0.25) is 0 Å². The molecule has 2 unspecified atom stereocenters. The molecule has 2 atom stereocenters. The fourth-order valence-corrected chi connectivity index (χ4v) is 6.94. The zero-order valence-electron chi connectivity index (χ0n) is 23.4. The minimum absolute atomic E-state index is 0.0664. The highest BCUT2D eigenvalue weighted by molar-refractivity contribution is 8.13. The Kier molecular flexibility index (Phi) is 7.84. The third-order valence-electron chi connectivity index (χ3n) is 8.26. The van der Waals surface area contributed by atoms with E-state index >= 15 is 0 Å². The minimum atomic E-state index is -0.481. The number of benzene rings is 3. The van der Waals surface area contributed by atoms with Crippen molar-refractivity contribution in [2.45, 2.75) is 62.8 Å². The molecule has 1 fully saturated rings. The average Bonchev–Trinajstić information content (AvgIpc) is 3.57. The van der Waals surface area contributed by atoms with Gasteiger partial charge < -0.3 is 14.0 Å². The first-order chi connectivity index (χ1) is 20.0. The number of fused-ring (bicyclic) bond motifs is 1. The van der Waals surface area contributed by atoms with Crippen molar-refractivity contribution in [1.29, 1.82) is 0 Å². The van der Waals surface area contributed by atoms with E-state index in [0.717, 1.165) is 46.6 Å². The Morgan fingerprint density at radius 2 is 1.80 bits per heavy atom. The molecule has 0 radical (unpaired) electrons. The number of esters is 1. The second kappa shape index (κ2) is 11.7. The zero-order valence-corrected chi connectivity index (χ0v) is 24.2. The molecule has 4 aromatic rings. The summed E-state index contributed by atoms with van der Waals surface area (Å²) in [5.74, 6) is 1.10. The molecule has 1 aliphatic heterocycles. The summed E-state index contributed by atoms with van der Waals surface area (Å²) in [5.41, 5.74) is 5.72. The first-order valence-electron chi connectivity index (χ1n) is 14.3. The number of ether oxygens (including phenoxy) is 2. The first-order valence-corrected chi connectivity index (χ1v) is 15.3. The molecule has 0 N–H and O–H groups in total. The van der Waals surface area contributed by atoms with Crippen LogP contribution < -0.4 is 4.74 Å². The van der Waals surface area contributed by atoms with Crippen LogP contribution in [0, 0.1) is 5.82 Å². The largest absolute Gasteiger partial charge is 0.492 e. The van der Waals surface area contributed by atoms with Gasteiger partial charge in [0.15, 0.2) is 0 Å². The molecule has 6 rings (SSSR count). The van der Waals surface area contributed by atoms with E-state index in [2.05, 4.69) is 23.6 Å². The van der Waals surface area contributed by atoms with Crippen LogP contribution >= 0.6 is 11.8 Å². The van der Waals surface area contributed by atoms with E-state index in [1.807, 2.05) is 42.8 Å². The fourth-order valence-electron chi connectivity index (χ4n) is 5.90. The SMILES string of the molecule is CCOC(=O)c1ccc2c(c1)nc(-c1ccc(OCC3SC=NC3(C)c3ccc(F)cc3)cc1)n2C1CCCCC1. The lowest BCUT2D eigenvalue weighted by Gasteiger charge is -2.29. The third-order valence-corrected chi connectivity index (χ3v) is 9.41. The predicted molar refractivity (Wildman–Crippen MR) is 162 cm³/mol. The number of carbonyl (C=O) groups is 1. The lowest BCUT2D eigenvalue weighted by Crippen LogP contribution is -2.34. The summed E-state index contributed by atoms with van der Waals surface area (Å²) in [6, 6.07) is 20.7. The van der Waals surface area contributed by atoms with E-state index in [1.165, 1.54) is 31.4 Å². The molecule has 1 aromatic heterocycles.